The summed E-state index contributed by atoms with van der Waals surface area (Å²) in [7, 11) is 1.49. The van der Waals surface area contributed by atoms with E-state index in [1.165, 1.54) is 18.0 Å². The Bertz CT molecular complexity index is 1930. The third-order valence-corrected chi connectivity index (χ3v) is 8.64. The number of benzene rings is 1. The predicted octanol–water partition coefficient (Wildman–Crippen LogP) is 1.69. The van der Waals surface area contributed by atoms with Crippen molar-refractivity contribution < 1.29 is 90.4 Å². The summed E-state index contributed by atoms with van der Waals surface area (Å²) in [5.74, 6) is -5.13. The molecule has 2 aromatic rings. The molecule has 0 bridgehead atoms. The van der Waals surface area contributed by atoms with E-state index < -0.39 is 116 Å². The molecule has 0 radical (unpaired) electrons. The number of esters is 7. The van der Waals surface area contributed by atoms with Gasteiger partial charge in [-0.15, -0.1) is 5.10 Å². The fourth-order valence-corrected chi connectivity index (χ4v) is 6.46. The van der Waals surface area contributed by atoms with Crippen LogP contribution in [0.3, 0.4) is 0 Å². The quantitative estimate of drug-likeness (QED) is 0.162. The van der Waals surface area contributed by atoms with E-state index >= 15 is 0 Å². The lowest BCUT2D eigenvalue weighted by Gasteiger charge is -2.48. The predicted molar refractivity (Wildman–Crippen MR) is 201 cm³/mol. The molecule has 2 saturated heterocycles. The molecule has 1 aromatic carbocycles. The van der Waals surface area contributed by atoms with E-state index in [0.29, 0.717) is 11.5 Å². The molecule has 1 aromatic heterocycles. The zero-order valence-electron chi connectivity index (χ0n) is 35.0. The van der Waals surface area contributed by atoms with E-state index in [2.05, 4.69) is 10.3 Å². The maximum Gasteiger partial charge on any atom is 0.303 e. The average Bonchev–Trinajstić information content (AvgIpc) is 3.64. The van der Waals surface area contributed by atoms with Gasteiger partial charge in [0.1, 0.15) is 43.8 Å². The second-order valence-corrected chi connectivity index (χ2v) is 13.6. The Morgan fingerprint density at radius 1 is 0.656 bits per heavy atom. The van der Waals surface area contributed by atoms with E-state index in [-0.39, 0.29) is 12.3 Å². The third-order valence-electron chi connectivity index (χ3n) is 8.64. The van der Waals surface area contributed by atoms with Crippen LogP contribution in [0.2, 0.25) is 0 Å². The number of allylic oxidation sites excluding steroid dienone is 1. The summed E-state index contributed by atoms with van der Waals surface area (Å²) in [5, 5.41) is 8.33. The summed E-state index contributed by atoms with van der Waals surface area (Å²) in [6.07, 6.45) is -10.7. The molecule has 61 heavy (non-hydrogen) atoms. The number of nitrogens with zero attached hydrogens (tertiary/aromatic N) is 3. The zero-order valence-corrected chi connectivity index (χ0v) is 35.0. The molecule has 2 aliphatic rings. The summed E-state index contributed by atoms with van der Waals surface area (Å²) in [6.45, 7) is 8.06. The van der Waals surface area contributed by atoms with E-state index in [0.717, 1.165) is 54.0 Å². The third kappa shape index (κ3) is 13.4. The van der Waals surface area contributed by atoms with Crippen LogP contribution in [0.15, 0.2) is 30.5 Å². The highest BCUT2D eigenvalue weighted by Crippen LogP contribution is 2.38. The summed E-state index contributed by atoms with van der Waals surface area (Å²) in [5.41, 5.74) is 1.15. The van der Waals surface area contributed by atoms with Gasteiger partial charge in [0.25, 0.3) is 0 Å². The molecule has 0 aliphatic carbocycles. The summed E-state index contributed by atoms with van der Waals surface area (Å²) < 4.78 is 69.9. The molecule has 0 saturated carbocycles. The van der Waals surface area contributed by atoms with Gasteiger partial charge in [-0.25, -0.2) is 4.68 Å². The molecule has 10 atom stereocenters. The Morgan fingerprint density at radius 3 is 1.72 bits per heavy atom. The Morgan fingerprint density at radius 2 is 1.18 bits per heavy atom. The number of aromatic nitrogens is 3. The second-order valence-electron chi connectivity index (χ2n) is 13.6. The van der Waals surface area contributed by atoms with Crippen molar-refractivity contribution in [1.82, 2.24) is 15.0 Å². The number of ether oxygens (including phenoxy) is 12. The average molecular weight is 864 g/mol. The fourth-order valence-electron chi connectivity index (χ4n) is 6.46. The van der Waals surface area contributed by atoms with Crippen molar-refractivity contribution in [3.63, 3.8) is 0 Å². The van der Waals surface area contributed by atoms with Gasteiger partial charge >= 0.3 is 41.8 Å². The van der Waals surface area contributed by atoms with Crippen molar-refractivity contribution in [3.05, 3.63) is 41.7 Å². The van der Waals surface area contributed by atoms with Gasteiger partial charge in [-0.2, -0.15) is 0 Å². The van der Waals surface area contributed by atoms with Crippen LogP contribution < -0.4 is 9.47 Å². The van der Waals surface area contributed by atoms with E-state index in [1.54, 1.807) is 12.1 Å². The molecule has 3 heterocycles. The monoisotopic (exact) mass is 863 g/mol. The first-order valence-corrected chi connectivity index (χ1v) is 18.8. The Hall–Kier alpha value is -6.13. The number of hydrogen-bond acceptors (Lipinski definition) is 21. The number of carbonyl (C=O) groups excluding carboxylic acids is 7. The maximum absolute atomic E-state index is 12.8. The lowest BCUT2D eigenvalue weighted by Crippen LogP contribution is -2.66. The van der Waals surface area contributed by atoms with E-state index in [9.17, 15) is 33.6 Å². The number of methoxy groups -OCH3 is 1. The van der Waals surface area contributed by atoms with Crippen LogP contribution in [0.1, 0.15) is 72.9 Å². The van der Waals surface area contributed by atoms with Gasteiger partial charge in [-0.1, -0.05) is 23.4 Å². The highest BCUT2D eigenvalue weighted by atomic mass is 16.8. The van der Waals surface area contributed by atoms with Gasteiger partial charge in [0.2, 0.25) is 0 Å². The molecule has 0 amide bonds. The van der Waals surface area contributed by atoms with Crippen LogP contribution in [0.4, 0.5) is 0 Å². The minimum atomic E-state index is -1.83. The number of carbonyl (C=O) groups is 7. The molecule has 0 spiro atoms. The van der Waals surface area contributed by atoms with Gasteiger partial charge < -0.3 is 56.8 Å². The lowest BCUT2D eigenvalue weighted by molar-refractivity contribution is -0.349. The molecule has 334 valence electrons. The molecule has 2 fully saturated rings. The van der Waals surface area contributed by atoms with Gasteiger partial charge in [-0.3, -0.25) is 33.6 Å². The molecule has 0 N–H and O–H groups in total. The Balaban J connectivity index is 1.78. The van der Waals surface area contributed by atoms with Gasteiger partial charge in [0.15, 0.2) is 54.5 Å². The van der Waals surface area contributed by atoms with Crippen LogP contribution in [0.25, 0.3) is 6.08 Å². The van der Waals surface area contributed by atoms with Crippen molar-refractivity contribution in [2.45, 2.75) is 123 Å². The Labute approximate surface area is 349 Å². The van der Waals surface area contributed by atoms with Crippen molar-refractivity contribution in [2.24, 2.45) is 0 Å². The standard InChI is InChI=1S/C39H49N3O19/c1-10-11-26-12-13-28(29(14-26)50-9)53-16-27-15-42(41-40-27)38-36(57-24(7)48)34(55-22(5)46)33(30(59-38)17-51-19(2)43)61-39-37(58-25(8)49)35(56-23(6)47)32(54-21(4)45)31(60-39)18-52-20(3)44/h10-15,30-39H,16-18H2,1-9H3/b11-10+/t30-,31-,32+,33-,34+,35+,36-,37-,38-,39+/m1/s1. The first-order chi connectivity index (χ1) is 28.9. The van der Waals surface area contributed by atoms with Crippen LogP contribution in [0, 0.1) is 0 Å². The maximum atomic E-state index is 12.8. The smallest absolute Gasteiger partial charge is 0.303 e. The van der Waals surface area contributed by atoms with Crippen molar-refractivity contribution in [1.29, 1.82) is 0 Å². The van der Waals surface area contributed by atoms with E-state index in [4.69, 9.17) is 56.8 Å². The molecule has 0 unspecified atom stereocenters. The minimum absolute atomic E-state index is 0.122. The first-order valence-electron chi connectivity index (χ1n) is 18.8. The molecule has 22 nitrogen and oxygen atoms in total. The fraction of sp³-hybridized carbons (Fsp3) is 0.564. The van der Waals surface area contributed by atoms with Gasteiger partial charge in [-0.05, 0) is 24.6 Å². The van der Waals surface area contributed by atoms with Gasteiger partial charge in [0.05, 0.1) is 13.3 Å². The highest BCUT2D eigenvalue weighted by molar-refractivity contribution is 5.69. The Kier molecular flexibility index (Phi) is 17.1. The topological polar surface area (TPSA) is 261 Å². The van der Waals surface area contributed by atoms with Crippen LogP contribution in [0.5, 0.6) is 11.5 Å². The molecule has 2 aliphatic heterocycles. The van der Waals surface area contributed by atoms with Crippen LogP contribution >= 0.6 is 0 Å². The van der Waals surface area contributed by atoms with Crippen LogP contribution in [-0.2, 0) is 87.5 Å². The summed E-state index contributed by atoms with van der Waals surface area (Å²) in [6, 6.07) is 5.33. The second kappa shape index (κ2) is 21.9. The summed E-state index contributed by atoms with van der Waals surface area (Å²) in [4.78, 5) is 86.8. The zero-order chi connectivity index (χ0) is 45.0. The normalized spacial score (nSPS) is 26.0. The highest BCUT2D eigenvalue weighted by Gasteiger charge is 2.58. The molecular formula is C39H49N3O19. The number of rotatable bonds is 17. The SMILES string of the molecule is C/C=C/c1ccc(OCc2cn([C@@H]3O[C@H](COC(C)=O)[C@@H](O[C@@H]4O[C@H](COC(C)=O)[C@H](OC(C)=O)[C@H](OC(C)=O)[C@H]4OC(C)=O)[C@H](OC(C)=O)[C@H]3OC(C)=O)nn2)c(OC)c1. The van der Waals surface area contributed by atoms with Crippen molar-refractivity contribution in [3.8, 4) is 11.5 Å². The van der Waals surface area contributed by atoms with E-state index in [1.807, 2.05) is 25.1 Å². The van der Waals surface area contributed by atoms with Crippen molar-refractivity contribution in [2.75, 3.05) is 20.3 Å². The molecule has 22 heteroatoms. The van der Waals surface area contributed by atoms with Crippen molar-refractivity contribution >= 4 is 47.9 Å². The summed E-state index contributed by atoms with van der Waals surface area (Å²) >= 11 is 0. The largest absolute Gasteiger partial charge is 0.493 e. The first kappa shape index (κ1) is 47.5. The molecular weight excluding hydrogens is 814 g/mol. The molecule has 4 rings (SSSR count). The lowest BCUT2D eigenvalue weighted by atomic mass is 9.95. The number of hydrogen-bond donors (Lipinski definition) is 0. The van der Waals surface area contributed by atoms with Gasteiger partial charge in [0, 0.05) is 48.5 Å². The van der Waals surface area contributed by atoms with Crippen LogP contribution in [-0.4, -0.2) is 132 Å². The minimum Gasteiger partial charge on any atom is -0.493 e.